The fraction of sp³-hybridized carbons (Fsp3) is 0.154. The van der Waals surface area contributed by atoms with Gasteiger partial charge in [-0.1, -0.05) is 0 Å². The maximum Gasteiger partial charge on any atom is 0.335 e. The number of hydrogen-bond donors (Lipinski definition) is 1. The predicted molar refractivity (Wildman–Crippen MR) is 67.5 cm³/mol. The first kappa shape index (κ1) is 13.7. The number of methoxy groups -OCH3 is 1. The zero-order valence-corrected chi connectivity index (χ0v) is 10.5. The van der Waals surface area contributed by atoms with Gasteiger partial charge in [-0.05, 0) is 18.2 Å². The molecular weight excluding hydrogens is 267 g/mol. The van der Waals surface area contributed by atoms with Crippen LogP contribution in [0.1, 0.15) is 15.9 Å². The molecule has 0 aliphatic heterocycles. The number of carboxylic acids is 1. The number of benzene rings is 1. The predicted octanol–water partition coefficient (Wildman–Crippen LogP) is 1.14. The second-order valence-electron chi connectivity index (χ2n) is 3.98. The molecule has 0 unspecified atom stereocenters. The van der Waals surface area contributed by atoms with Gasteiger partial charge in [0.1, 0.15) is 5.82 Å². The first-order chi connectivity index (χ1) is 9.51. The van der Waals surface area contributed by atoms with Gasteiger partial charge in [-0.15, -0.1) is 5.10 Å². The van der Waals surface area contributed by atoms with E-state index in [-0.39, 0.29) is 23.6 Å². The summed E-state index contributed by atoms with van der Waals surface area (Å²) in [6.07, 6.45) is 0. The molecule has 0 saturated heterocycles. The number of hydrogen-bond acceptors (Lipinski definition) is 4. The van der Waals surface area contributed by atoms with E-state index in [0.717, 1.165) is 16.8 Å². The summed E-state index contributed by atoms with van der Waals surface area (Å²) in [7, 11) is 1.39. The Morgan fingerprint density at radius 1 is 1.40 bits per heavy atom. The van der Waals surface area contributed by atoms with Crippen molar-refractivity contribution in [2.45, 2.75) is 6.54 Å². The van der Waals surface area contributed by atoms with Gasteiger partial charge in [0.05, 0.1) is 19.2 Å². The van der Waals surface area contributed by atoms with Gasteiger partial charge in [0, 0.05) is 17.7 Å². The summed E-state index contributed by atoms with van der Waals surface area (Å²) in [4.78, 5) is 22.5. The molecule has 2 aromatic rings. The molecule has 0 aliphatic carbocycles. The van der Waals surface area contributed by atoms with Gasteiger partial charge in [0.15, 0.2) is 0 Å². The third-order valence-electron chi connectivity index (χ3n) is 2.66. The van der Waals surface area contributed by atoms with E-state index in [1.807, 2.05) is 0 Å². The number of rotatable bonds is 4. The fourth-order valence-electron chi connectivity index (χ4n) is 1.64. The van der Waals surface area contributed by atoms with E-state index in [9.17, 15) is 14.0 Å². The molecule has 1 heterocycles. The first-order valence-corrected chi connectivity index (χ1v) is 5.65. The minimum atomic E-state index is -1.17. The SMILES string of the molecule is COc1ccc(=O)n(Cc2cc(C(=O)O)ccc2F)n1. The van der Waals surface area contributed by atoms with Crippen LogP contribution in [0.15, 0.2) is 35.1 Å². The van der Waals surface area contributed by atoms with Gasteiger partial charge in [0.25, 0.3) is 5.56 Å². The van der Waals surface area contributed by atoms with Crippen molar-refractivity contribution in [2.75, 3.05) is 7.11 Å². The number of aromatic nitrogens is 2. The highest BCUT2D eigenvalue weighted by Gasteiger charge is 2.10. The lowest BCUT2D eigenvalue weighted by Gasteiger charge is -2.08. The van der Waals surface area contributed by atoms with Crippen molar-refractivity contribution in [1.82, 2.24) is 9.78 Å². The van der Waals surface area contributed by atoms with E-state index < -0.39 is 17.3 Å². The van der Waals surface area contributed by atoms with Crippen LogP contribution in [0, 0.1) is 5.82 Å². The summed E-state index contributed by atoms with van der Waals surface area (Å²) in [5.41, 5.74) is -0.434. The topological polar surface area (TPSA) is 81.4 Å². The summed E-state index contributed by atoms with van der Waals surface area (Å²) in [6, 6.07) is 6.01. The van der Waals surface area contributed by atoms with E-state index in [1.54, 1.807) is 0 Å². The van der Waals surface area contributed by atoms with Gasteiger partial charge in [-0.3, -0.25) is 4.79 Å². The summed E-state index contributed by atoms with van der Waals surface area (Å²) in [6.45, 7) is -0.178. The Morgan fingerprint density at radius 2 is 2.15 bits per heavy atom. The number of carboxylic acid groups (broad SMARTS) is 1. The minimum absolute atomic E-state index is 0.0580. The van der Waals surface area contributed by atoms with Gasteiger partial charge in [-0.2, -0.15) is 0 Å². The van der Waals surface area contributed by atoms with Crippen LogP contribution in [0.4, 0.5) is 4.39 Å². The van der Waals surface area contributed by atoms with Crippen molar-refractivity contribution in [3.8, 4) is 5.88 Å². The lowest BCUT2D eigenvalue weighted by atomic mass is 10.1. The van der Waals surface area contributed by atoms with E-state index in [2.05, 4.69) is 5.10 Å². The lowest BCUT2D eigenvalue weighted by molar-refractivity contribution is 0.0696. The highest BCUT2D eigenvalue weighted by atomic mass is 19.1. The number of halogens is 1. The smallest absolute Gasteiger partial charge is 0.335 e. The molecule has 1 aromatic carbocycles. The molecule has 0 amide bonds. The van der Waals surface area contributed by atoms with Crippen molar-refractivity contribution in [2.24, 2.45) is 0 Å². The summed E-state index contributed by atoms with van der Waals surface area (Å²) >= 11 is 0. The molecule has 1 N–H and O–H groups in total. The second kappa shape index (κ2) is 5.52. The van der Waals surface area contributed by atoms with Crippen LogP contribution in [-0.4, -0.2) is 28.0 Å². The highest BCUT2D eigenvalue weighted by molar-refractivity contribution is 5.87. The van der Waals surface area contributed by atoms with Gasteiger partial charge in [-0.25, -0.2) is 13.9 Å². The Balaban J connectivity index is 2.41. The lowest BCUT2D eigenvalue weighted by Crippen LogP contribution is -2.23. The Kier molecular flexibility index (Phi) is 3.79. The van der Waals surface area contributed by atoms with Crippen LogP contribution in [0.2, 0.25) is 0 Å². The van der Waals surface area contributed by atoms with Crippen LogP contribution >= 0.6 is 0 Å². The molecule has 7 heteroatoms. The number of ether oxygens (including phenoxy) is 1. The maximum absolute atomic E-state index is 13.7. The van der Waals surface area contributed by atoms with Crippen LogP contribution in [0.5, 0.6) is 5.88 Å². The van der Waals surface area contributed by atoms with E-state index >= 15 is 0 Å². The summed E-state index contributed by atoms with van der Waals surface area (Å²) < 4.78 is 19.5. The van der Waals surface area contributed by atoms with E-state index in [4.69, 9.17) is 9.84 Å². The molecule has 6 nitrogen and oxygen atoms in total. The van der Waals surface area contributed by atoms with Crippen molar-refractivity contribution >= 4 is 5.97 Å². The molecule has 1 aromatic heterocycles. The van der Waals surface area contributed by atoms with Crippen molar-refractivity contribution in [3.05, 3.63) is 57.6 Å². The molecule has 0 aliphatic rings. The summed E-state index contributed by atoms with van der Waals surface area (Å²) in [5.74, 6) is -1.57. The number of aromatic carboxylic acids is 1. The van der Waals surface area contributed by atoms with Crippen molar-refractivity contribution in [1.29, 1.82) is 0 Å². The van der Waals surface area contributed by atoms with E-state index in [1.165, 1.54) is 25.3 Å². The molecule has 20 heavy (non-hydrogen) atoms. The molecule has 2 rings (SSSR count). The number of nitrogens with zero attached hydrogens (tertiary/aromatic N) is 2. The molecule has 0 fully saturated rings. The monoisotopic (exact) mass is 278 g/mol. The van der Waals surface area contributed by atoms with Crippen LogP contribution in [0.25, 0.3) is 0 Å². The van der Waals surface area contributed by atoms with Gasteiger partial charge < -0.3 is 9.84 Å². The Bertz CT molecular complexity index is 712. The largest absolute Gasteiger partial charge is 0.480 e. The second-order valence-corrected chi connectivity index (χ2v) is 3.98. The van der Waals surface area contributed by atoms with Crippen molar-refractivity contribution in [3.63, 3.8) is 0 Å². The van der Waals surface area contributed by atoms with E-state index in [0.29, 0.717) is 0 Å². The maximum atomic E-state index is 13.7. The molecule has 0 saturated carbocycles. The Hall–Kier alpha value is -2.70. The number of carbonyl (C=O) groups is 1. The molecule has 0 atom stereocenters. The van der Waals surface area contributed by atoms with Crippen LogP contribution in [0.3, 0.4) is 0 Å². The Labute approximate surface area is 113 Å². The average Bonchev–Trinajstić information content (AvgIpc) is 2.43. The Morgan fingerprint density at radius 3 is 2.80 bits per heavy atom. The minimum Gasteiger partial charge on any atom is -0.480 e. The molecule has 0 radical (unpaired) electrons. The average molecular weight is 278 g/mol. The third kappa shape index (κ3) is 2.82. The molecule has 104 valence electrons. The zero-order chi connectivity index (χ0) is 14.7. The first-order valence-electron chi connectivity index (χ1n) is 5.65. The van der Waals surface area contributed by atoms with Crippen LogP contribution < -0.4 is 10.3 Å². The molecule has 0 spiro atoms. The molecule has 0 bridgehead atoms. The third-order valence-corrected chi connectivity index (χ3v) is 2.66. The van der Waals surface area contributed by atoms with Crippen molar-refractivity contribution < 1.29 is 19.0 Å². The van der Waals surface area contributed by atoms with Crippen LogP contribution in [-0.2, 0) is 6.54 Å². The zero-order valence-electron chi connectivity index (χ0n) is 10.5. The standard InChI is InChI=1S/C13H11FN2O4/c1-20-11-4-5-12(17)16(15-11)7-9-6-8(13(18)19)2-3-10(9)14/h2-6H,7H2,1H3,(H,18,19). The fourth-order valence-corrected chi connectivity index (χ4v) is 1.64. The quantitative estimate of drug-likeness (QED) is 0.906. The van der Waals surface area contributed by atoms with Gasteiger partial charge in [0.2, 0.25) is 5.88 Å². The van der Waals surface area contributed by atoms with Gasteiger partial charge >= 0.3 is 5.97 Å². The highest BCUT2D eigenvalue weighted by Crippen LogP contribution is 2.12. The normalized spacial score (nSPS) is 10.3. The molecular formula is C13H11FN2O4. The summed E-state index contributed by atoms with van der Waals surface area (Å²) in [5, 5.41) is 12.7.